The van der Waals surface area contributed by atoms with Crippen LogP contribution in [0.5, 0.6) is 0 Å². The average molecular weight is 541 g/mol. The fourth-order valence-corrected chi connectivity index (χ4v) is 2.23. The molecule has 2 saturated carbocycles. The molecule has 0 saturated heterocycles. The summed E-state index contributed by atoms with van der Waals surface area (Å²) in [5.74, 6) is -2.44. The number of nitrogens with one attached hydrogen (secondary N) is 2. The Morgan fingerprint density at radius 2 is 1.32 bits per heavy atom. The molecule has 2 aliphatic carbocycles. The first kappa shape index (κ1) is 26.2. The molecule has 0 aromatic rings. The predicted octanol–water partition coefficient (Wildman–Crippen LogP) is 1.89. The van der Waals surface area contributed by atoms with E-state index >= 15 is 0 Å². The van der Waals surface area contributed by atoms with Crippen LogP contribution in [0.15, 0.2) is 0 Å². The van der Waals surface area contributed by atoms with Crippen LogP contribution in [0.2, 0.25) is 0 Å². The number of carboxylic acid groups (broad SMARTS) is 3. The van der Waals surface area contributed by atoms with Gasteiger partial charge in [0.25, 0.3) is 0 Å². The molecular formula is C15H26N2O7Pt. The maximum Gasteiger partial charge on any atom is 2.00 e. The average Bonchev–Trinajstić information content (AvgIpc) is 2.37. The fraction of sp³-hybridized carbons (Fsp3) is 0.800. The second-order valence-corrected chi connectivity index (χ2v) is 6.07. The van der Waals surface area contributed by atoms with Crippen molar-refractivity contribution in [3.63, 3.8) is 0 Å². The number of aliphatic carboxylic acids is 3. The summed E-state index contributed by atoms with van der Waals surface area (Å²) < 4.78 is 0. The molecule has 0 spiro atoms. The summed E-state index contributed by atoms with van der Waals surface area (Å²) in [6.45, 7) is 2.29. The third-order valence-corrected chi connectivity index (χ3v) is 4.48. The van der Waals surface area contributed by atoms with Gasteiger partial charge in [-0.15, -0.1) is 13.1 Å². The molecule has 0 bridgehead atoms. The van der Waals surface area contributed by atoms with Crippen molar-refractivity contribution in [2.24, 2.45) is 17.3 Å². The van der Waals surface area contributed by atoms with E-state index in [1.54, 1.807) is 0 Å². The van der Waals surface area contributed by atoms with E-state index in [1.165, 1.54) is 19.8 Å². The SMILES string of the molecule is CC(O)C(=O)O.O=C(O)C1(C(=O)O)CCC1.[NH-]CC1CCC1C[NH-].[Pt+2]. The molecular weight excluding hydrogens is 515 g/mol. The minimum absolute atomic E-state index is 0. The van der Waals surface area contributed by atoms with Gasteiger partial charge in [-0.1, -0.05) is 24.7 Å². The van der Waals surface area contributed by atoms with E-state index in [9.17, 15) is 14.4 Å². The van der Waals surface area contributed by atoms with Crippen molar-refractivity contribution in [2.75, 3.05) is 13.1 Å². The van der Waals surface area contributed by atoms with Crippen LogP contribution < -0.4 is 0 Å². The Kier molecular flexibility index (Phi) is 12.9. The molecule has 9 nitrogen and oxygen atoms in total. The van der Waals surface area contributed by atoms with E-state index in [-0.39, 0.29) is 33.9 Å². The molecule has 0 aromatic carbocycles. The minimum atomic E-state index is -1.44. The summed E-state index contributed by atoms with van der Waals surface area (Å²) >= 11 is 0. The Bertz CT molecular complexity index is 412. The zero-order chi connectivity index (χ0) is 18.9. The van der Waals surface area contributed by atoms with Gasteiger partial charge in [-0.2, -0.15) is 0 Å². The molecule has 10 heteroatoms. The zero-order valence-electron chi connectivity index (χ0n) is 14.0. The topological polar surface area (TPSA) is 180 Å². The van der Waals surface area contributed by atoms with Crippen molar-refractivity contribution in [3.8, 4) is 0 Å². The Balaban J connectivity index is 0. The Hall–Kier alpha value is -1.02. The van der Waals surface area contributed by atoms with Gasteiger partial charge in [0.05, 0.1) is 0 Å². The molecule has 0 aliphatic heterocycles. The molecule has 148 valence electrons. The predicted molar refractivity (Wildman–Crippen MR) is 85.5 cm³/mol. The van der Waals surface area contributed by atoms with Gasteiger partial charge in [-0.05, 0) is 26.2 Å². The number of carboxylic acids is 3. The number of aliphatic hydroxyl groups is 1. The maximum absolute atomic E-state index is 10.4. The van der Waals surface area contributed by atoms with Crippen LogP contribution in [-0.4, -0.2) is 57.5 Å². The van der Waals surface area contributed by atoms with E-state index in [4.69, 9.17) is 31.9 Å². The first-order valence-corrected chi connectivity index (χ1v) is 7.79. The quantitative estimate of drug-likeness (QED) is 0.384. The van der Waals surface area contributed by atoms with Crippen molar-refractivity contribution >= 4 is 17.9 Å². The van der Waals surface area contributed by atoms with Crippen LogP contribution >= 0.6 is 0 Å². The van der Waals surface area contributed by atoms with Gasteiger partial charge < -0.3 is 31.9 Å². The molecule has 2 fully saturated rings. The second-order valence-electron chi connectivity index (χ2n) is 6.07. The zero-order valence-corrected chi connectivity index (χ0v) is 16.3. The molecule has 2 aliphatic rings. The largest absolute Gasteiger partial charge is 2.00 e. The number of rotatable bonds is 5. The molecule has 0 aromatic heterocycles. The van der Waals surface area contributed by atoms with E-state index < -0.39 is 29.4 Å². The molecule has 3 unspecified atom stereocenters. The molecule has 0 amide bonds. The fourth-order valence-electron chi connectivity index (χ4n) is 2.23. The summed E-state index contributed by atoms with van der Waals surface area (Å²) in [6, 6.07) is 0. The third-order valence-electron chi connectivity index (χ3n) is 4.48. The van der Waals surface area contributed by atoms with Crippen LogP contribution in [0.3, 0.4) is 0 Å². The van der Waals surface area contributed by atoms with Gasteiger partial charge in [0.1, 0.15) is 6.10 Å². The monoisotopic (exact) mass is 541 g/mol. The normalized spacial score (nSPS) is 23.5. The molecule has 25 heavy (non-hydrogen) atoms. The van der Waals surface area contributed by atoms with Crippen LogP contribution in [0.25, 0.3) is 11.5 Å². The second kappa shape index (κ2) is 12.4. The summed E-state index contributed by atoms with van der Waals surface area (Å²) in [4.78, 5) is 30.2. The van der Waals surface area contributed by atoms with Gasteiger partial charge in [0, 0.05) is 0 Å². The molecule has 2 rings (SSSR count). The van der Waals surface area contributed by atoms with Crippen molar-refractivity contribution in [2.45, 2.75) is 45.1 Å². The first-order valence-electron chi connectivity index (χ1n) is 7.79. The Morgan fingerprint density at radius 3 is 1.36 bits per heavy atom. The van der Waals surface area contributed by atoms with Crippen LogP contribution in [0, 0.1) is 17.3 Å². The van der Waals surface area contributed by atoms with Crippen molar-refractivity contribution < 1.29 is 55.9 Å². The van der Waals surface area contributed by atoms with Crippen LogP contribution in [-0.2, 0) is 35.4 Å². The summed E-state index contributed by atoms with van der Waals surface area (Å²) in [5.41, 5.74) is 12.6. The number of hydrogen-bond acceptors (Lipinski definition) is 4. The maximum atomic E-state index is 10.4. The number of carbonyl (C=O) groups is 3. The molecule has 6 N–H and O–H groups in total. The first-order chi connectivity index (χ1) is 11.1. The van der Waals surface area contributed by atoms with Crippen molar-refractivity contribution in [3.05, 3.63) is 11.5 Å². The van der Waals surface area contributed by atoms with E-state index in [0.717, 1.165) is 0 Å². The Morgan fingerprint density at radius 1 is 1.00 bits per heavy atom. The van der Waals surface area contributed by atoms with Crippen molar-refractivity contribution in [1.82, 2.24) is 0 Å². The van der Waals surface area contributed by atoms with Gasteiger partial charge in [0.15, 0.2) is 5.41 Å². The number of aliphatic hydroxyl groups excluding tert-OH is 1. The van der Waals surface area contributed by atoms with E-state index in [2.05, 4.69) is 0 Å². The van der Waals surface area contributed by atoms with Gasteiger partial charge in [-0.3, -0.25) is 9.59 Å². The third kappa shape index (κ3) is 7.81. The van der Waals surface area contributed by atoms with E-state index in [0.29, 0.717) is 31.3 Å². The Labute approximate surface area is 161 Å². The van der Waals surface area contributed by atoms with Gasteiger partial charge in [-0.25, -0.2) is 4.79 Å². The smallest absolute Gasteiger partial charge is 0.677 e. The van der Waals surface area contributed by atoms with Crippen molar-refractivity contribution in [1.29, 1.82) is 0 Å². The summed E-state index contributed by atoms with van der Waals surface area (Å²) in [7, 11) is 0. The molecule has 0 heterocycles. The van der Waals surface area contributed by atoms with Gasteiger partial charge in [0.2, 0.25) is 0 Å². The summed E-state index contributed by atoms with van der Waals surface area (Å²) in [6.07, 6.45) is 2.43. The minimum Gasteiger partial charge on any atom is -0.677 e. The van der Waals surface area contributed by atoms with Crippen LogP contribution in [0.4, 0.5) is 0 Å². The standard InChI is InChI=1S/C6H12N2.C6H8O4.C3H6O3.Pt/c7-3-5-1-2-6(5)4-8;7-4(8)6(5(9)10)2-1-3-6;1-2(4)3(5)6;/h5-8H,1-4H2;1-3H2,(H,7,8)(H,9,10);2,4H,1H3,(H,5,6);/q-2;;;+2. The molecule has 3 atom stereocenters. The molecule has 0 radical (unpaired) electrons. The van der Waals surface area contributed by atoms with Gasteiger partial charge >= 0.3 is 39.0 Å². The summed E-state index contributed by atoms with van der Waals surface area (Å²) in [5, 5.41) is 32.7. The van der Waals surface area contributed by atoms with E-state index in [1.807, 2.05) is 0 Å². The number of hydrogen-bond donors (Lipinski definition) is 4. The van der Waals surface area contributed by atoms with Crippen LogP contribution in [0.1, 0.15) is 39.0 Å².